The third kappa shape index (κ3) is 3.40. The minimum Gasteiger partial charge on any atom is -0.295 e. The van der Waals surface area contributed by atoms with E-state index in [0.717, 1.165) is 6.42 Å². The number of nitrogens with one attached hydrogen (secondary N) is 1. The zero-order chi connectivity index (χ0) is 13.2. The summed E-state index contributed by atoms with van der Waals surface area (Å²) < 4.78 is 26.4. The summed E-state index contributed by atoms with van der Waals surface area (Å²) in [5, 5.41) is 0. The molecular formula is C13H17NO3S. The molecule has 2 rings (SSSR count). The first kappa shape index (κ1) is 13.2. The van der Waals surface area contributed by atoms with Crippen LogP contribution in [0.2, 0.25) is 0 Å². The Kier molecular flexibility index (Phi) is 3.82. The third-order valence-electron chi connectivity index (χ3n) is 3.11. The van der Waals surface area contributed by atoms with Gasteiger partial charge in [-0.05, 0) is 31.4 Å². The van der Waals surface area contributed by atoms with E-state index in [0.29, 0.717) is 18.0 Å². The number of sulfonamides is 1. The van der Waals surface area contributed by atoms with E-state index in [9.17, 15) is 13.2 Å². The van der Waals surface area contributed by atoms with Crippen LogP contribution in [0.15, 0.2) is 29.2 Å². The first-order valence-corrected chi connectivity index (χ1v) is 7.58. The number of carbonyl (C=O) groups excluding carboxylic acids is 1. The maximum Gasteiger partial charge on any atom is 0.240 e. The Morgan fingerprint density at radius 2 is 1.89 bits per heavy atom. The third-order valence-corrected chi connectivity index (χ3v) is 4.59. The molecule has 1 aliphatic carbocycles. The van der Waals surface area contributed by atoms with Crippen LogP contribution in [0.4, 0.5) is 0 Å². The van der Waals surface area contributed by atoms with Crippen LogP contribution in [0.5, 0.6) is 0 Å². The highest BCUT2D eigenvalue weighted by atomic mass is 32.2. The molecule has 4 nitrogen and oxygen atoms in total. The van der Waals surface area contributed by atoms with Crippen LogP contribution in [0.3, 0.4) is 0 Å². The highest BCUT2D eigenvalue weighted by molar-refractivity contribution is 7.89. The molecule has 0 spiro atoms. The smallest absolute Gasteiger partial charge is 0.240 e. The summed E-state index contributed by atoms with van der Waals surface area (Å²) in [4.78, 5) is 11.3. The van der Waals surface area contributed by atoms with Gasteiger partial charge in [-0.1, -0.05) is 25.0 Å². The molecule has 0 saturated heterocycles. The summed E-state index contributed by atoms with van der Waals surface area (Å²) in [6.07, 6.45) is 3.34. The maximum absolute atomic E-state index is 11.9. The number of Topliss-reactive ketones (excluding diaryl/α,β-unsaturated/α-hetero) is 1. The van der Waals surface area contributed by atoms with Gasteiger partial charge in [0.2, 0.25) is 10.0 Å². The molecule has 0 unspecified atom stereocenters. The Labute approximate surface area is 107 Å². The lowest BCUT2D eigenvalue weighted by atomic mass is 10.2. The van der Waals surface area contributed by atoms with Gasteiger partial charge in [-0.15, -0.1) is 0 Å². The van der Waals surface area contributed by atoms with E-state index in [1.54, 1.807) is 0 Å². The second-order valence-corrected chi connectivity index (χ2v) is 6.48. The van der Waals surface area contributed by atoms with Crippen LogP contribution in [0.25, 0.3) is 0 Å². The lowest BCUT2D eigenvalue weighted by Gasteiger charge is -2.06. The molecule has 5 heteroatoms. The Balaban J connectivity index is 2.01. The number of benzene rings is 1. The normalized spacial score (nSPS) is 15.6. The van der Waals surface area contributed by atoms with Crippen LogP contribution in [0, 0.1) is 5.92 Å². The molecule has 98 valence electrons. The average Bonchev–Trinajstić information content (AvgIpc) is 3.13. The van der Waals surface area contributed by atoms with Crippen LogP contribution >= 0.6 is 0 Å². The van der Waals surface area contributed by atoms with E-state index in [2.05, 4.69) is 4.72 Å². The lowest BCUT2D eigenvalue weighted by molar-refractivity contribution is 0.101. The van der Waals surface area contributed by atoms with Crippen molar-refractivity contribution >= 4 is 15.8 Å². The topological polar surface area (TPSA) is 63.2 Å². The van der Waals surface area contributed by atoms with E-state index < -0.39 is 10.0 Å². The second-order valence-electron chi connectivity index (χ2n) is 4.71. The van der Waals surface area contributed by atoms with Crippen molar-refractivity contribution in [3.8, 4) is 0 Å². The predicted molar refractivity (Wildman–Crippen MR) is 69.0 cm³/mol. The van der Waals surface area contributed by atoms with Crippen molar-refractivity contribution in [2.75, 3.05) is 6.54 Å². The number of carbonyl (C=O) groups is 1. The number of hydrogen-bond acceptors (Lipinski definition) is 3. The summed E-state index contributed by atoms with van der Waals surface area (Å²) in [6, 6.07) is 6.02. The molecule has 1 fully saturated rings. The molecule has 0 heterocycles. The van der Waals surface area contributed by atoms with Gasteiger partial charge in [-0.3, -0.25) is 4.79 Å². The fraction of sp³-hybridized carbons (Fsp3) is 0.462. The average molecular weight is 267 g/mol. The molecular weight excluding hydrogens is 250 g/mol. The first-order valence-electron chi connectivity index (χ1n) is 6.10. The second kappa shape index (κ2) is 5.20. The van der Waals surface area contributed by atoms with Gasteiger partial charge in [-0.25, -0.2) is 13.1 Å². The summed E-state index contributed by atoms with van der Waals surface area (Å²) in [7, 11) is -3.43. The van der Waals surface area contributed by atoms with Crippen molar-refractivity contribution in [2.24, 2.45) is 5.92 Å². The van der Waals surface area contributed by atoms with Gasteiger partial charge < -0.3 is 0 Å². The molecule has 1 N–H and O–H groups in total. The molecule has 1 aliphatic rings. The van der Waals surface area contributed by atoms with E-state index >= 15 is 0 Å². The Morgan fingerprint density at radius 1 is 1.28 bits per heavy atom. The van der Waals surface area contributed by atoms with Crippen LogP contribution in [-0.4, -0.2) is 20.7 Å². The molecule has 1 saturated carbocycles. The molecule has 0 aromatic heterocycles. The van der Waals surface area contributed by atoms with Crippen molar-refractivity contribution in [3.05, 3.63) is 29.8 Å². The summed E-state index contributed by atoms with van der Waals surface area (Å²) in [6.45, 7) is 1.94. The van der Waals surface area contributed by atoms with Crippen molar-refractivity contribution in [3.63, 3.8) is 0 Å². The van der Waals surface area contributed by atoms with Crippen LogP contribution in [0.1, 0.15) is 36.5 Å². The first-order chi connectivity index (χ1) is 8.49. The number of ketones is 1. The fourth-order valence-electron chi connectivity index (χ4n) is 1.76. The van der Waals surface area contributed by atoms with E-state index in [4.69, 9.17) is 0 Å². The Morgan fingerprint density at radius 3 is 2.39 bits per heavy atom. The molecule has 0 amide bonds. The van der Waals surface area contributed by atoms with Crippen molar-refractivity contribution in [1.82, 2.24) is 4.72 Å². The molecule has 0 radical (unpaired) electrons. The highest BCUT2D eigenvalue weighted by Crippen LogP contribution is 2.31. The van der Waals surface area contributed by atoms with Gasteiger partial charge in [0.05, 0.1) is 4.90 Å². The zero-order valence-corrected chi connectivity index (χ0v) is 11.2. The Hall–Kier alpha value is -1.20. The summed E-state index contributed by atoms with van der Waals surface area (Å²) >= 11 is 0. The van der Waals surface area contributed by atoms with Crippen molar-refractivity contribution < 1.29 is 13.2 Å². The van der Waals surface area contributed by atoms with Gasteiger partial charge >= 0.3 is 0 Å². The quantitative estimate of drug-likeness (QED) is 0.801. The maximum atomic E-state index is 11.9. The predicted octanol–water partition coefficient (Wildman–Crippen LogP) is 1.97. The van der Waals surface area contributed by atoms with Gasteiger partial charge in [0.1, 0.15) is 0 Å². The van der Waals surface area contributed by atoms with Crippen molar-refractivity contribution in [1.29, 1.82) is 0 Å². The largest absolute Gasteiger partial charge is 0.295 e. The highest BCUT2D eigenvalue weighted by Gasteiger charge is 2.22. The van der Waals surface area contributed by atoms with Crippen LogP contribution < -0.4 is 4.72 Å². The summed E-state index contributed by atoms with van der Waals surface area (Å²) in [5.41, 5.74) is 0.520. The molecule has 0 bridgehead atoms. The molecule has 18 heavy (non-hydrogen) atoms. The fourth-order valence-corrected chi connectivity index (χ4v) is 2.80. The van der Waals surface area contributed by atoms with E-state index in [-0.39, 0.29) is 10.7 Å². The number of hydrogen-bond donors (Lipinski definition) is 1. The lowest BCUT2D eigenvalue weighted by Crippen LogP contribution is -2.25. The van der Waals surface area contributed by atoms with E-state index in [1.807, 2.05) is 0 Å². The van der Waals surface area contributed by atoms with Crippen molar-refractivity contribution in [2.45, 2.75) is 31.1 Å². The van der Waals surface area contributed by atoms with Crippen LogP contribution in [-0.2, 0) is 10.0 Å². The van der Waals surface area contributed by atoms with E-state index in [1.165, 1.54) is 44.0 Å². The SMILES string of the molecule is CC(=O)c1ccc(S(=O)(=O)NCCC2CC2)cc1. The molecule has 1 aromatic carbocycles. The molecule has 0 atom stereocenters. The monoisotopic (exact) mass is 267 g/mol. The minimum absolute atomic E-state index is 0.0689. The minimum atomic E-state index is -3.43. The number of rotatable bonds is 6. The Bertz CT molecular complexity index is 530. The summed E-state index contributed by atoms with van der Waals surface area (Å²) in [5.74, 6) is 0.633. The molecule has 1 aromatic rings. The van der Waals surface area contributed by atoms with Gasteiger partial charge in [0, 0.05) is 12.1 Å². The van der Waals surface area contributed by atoms with Gasteiger partial charge in [-0.2, -0.15) is 0 Å². The zero-order valence-electron chi connectivity index (χ0n) is 10.3. The van der Waals surface area contributed by atoms with Gasteiger partial charge in [0.25, 0.3) is 0 Å². The van der Waals surface area contributed by atoms with Gasteiger partial charge in [0.15, 0.2) is 5.78 Å². The molecule has 0 aliphatic heterocycles. The standard InChI is InChI=1S/C13H17NO3S/c1-10(15)12-4-6-13(7-5-12)18(16,17)14-9-8-11-2-3-11/h4-7,11,14H,2-3,8-9H2,1H3.